The van der Waals surface area contributed by atoms with Crippen LogP contribution in [-0.2, 0) is 0 Å². The number of para-hydroxylation sites is 1. The van der Waals surface area contributed by atoms with Crippen LogP contribution in [0.15, 0.2) is 155 Å². The fourth-order valence-corrected chi connectivity index (χ4v) is 5.96. The Morgan fingerprint density at radius 2 is 1.06 bits per heavy atom. The maximum Gasteiger partial charge on any atom is 0.137 e. The fourth-order valence-electron chi connectivity index (χ4n) is 5.96. The number of nitrogens with zero attached hydrogens (tertiary/aromatic N) is 2. The van der Waals surface area contributed by atoms with Crippen molar-refractivity contribution in [1.82, 2.24) is 9.38 Å². The molecule has 0 saturated carbocycles. The average Bonchev–Trinajstić information content (AvgIpc) is 3.84. The minimum atomic E-state index is 0.871. The highest BCUT2D eigenvalue weighted by Crippen LogP contribution is 2.38. The van der Waals surface area contributed by atoms with E-state index in [0.717, 1.165) is 71.9 Å². The van der Waals surface area contributed by atoms with Gasteiger partial charge in [0.15, 0.2) is 0 Å². The first-order valence-corrected chi connectivity index (χ1v) is 16.2. The summed E-state index contributed by atoms with van der Waals surface area (Å²) in [6, 6.07) is 42.2. The standard InChI is InChI=1S/C37H22N2O2.C4H8.C2H6/c1-2-9-33-28(8-1)30-20-36-31(21-35(30)40-33)29-19-27(15-16-34(29)41-36)26-7-5-6-25(18-26)23-11-13-24(14-12-23)32-22-39-17-4-3-10-37(39)38-32;1-3-4-2;1-2/h1-22H;3-4H,1-2H3;1-2H3/b;4-3-;. The molecule has 9 aromatic rings. The van der Waals surface area contributed by atoms with E-state index in [1.807, 2.05) is 86.8 Å². The van der Waals surface area contributed by atoms with Gasteiger partial charge in [-0.15, -0.1) is 0 Å². The Labute approximate surface area is 274 Å². The van der Waals surface area contributed by atoms with E-state index < -0.39 is 0 Å². The van der Waals surface area contributed by atoms with Crippen molar-refractivity contribution >= 4 is 49.5 Å². The maximum absolute atomic E-state index is 6.28. The largest absolute Gasteiger partial charge is 0.456 e. The highest BCUT2D eigenvalue weighted by molar-refractivity contribution is 6.15. The molecule has 0 spiro atoms. The third-order valence-electron chi connectivity index (χ3n) is 8.38. The molecule has 47 heavy (non-hydrogen) atoms. The summed E-state index contributed by atoms with van der Waals surface area (Å²) in [7, 11) is 0. The molecule has 4 heterocycles. The molecule has 0 aliphatic rings. The Bertz CT molecular complexity index is 2470. The van der Waals surface area contributed by atoms with E-state index in [4.69, 9.17) is 13.8 Å². The first-order valence-electron chi connectivity index (χ1n) is 16.2. The van der Waals surface area contributed by atoms with Crippen LogP contribution in [0.25, 0.3) is 83.0 Å². The van der Waals surface area contributed by atoms with Crippen LogP contribution >= 0.6 is 0 Å². The molecule has 230 valence electrons. The minimum absolute atomic E-state index is 0.871. The summed E-state index contributed by atoms with van der Waals surface area (Å²) >= 11 is 0. The Balaban J connectivity index is 0.000000547. The molecule has 4 aromatic heterocycles. The zero-order valence-electron chi connectivity index (χ0n) is 27.1. The lowest BCUT2D eigenvalue weighted by Gasteiger charge is -2.07. The number of hydrogen-bond donors (Lipinski definition) is 0. The van der Waals surface area contributed by atoms with Gasteiger partial charge >= 0.3 is 0 Å². The maximum atomic E-state index is 6.28. The van der Waals surface area contributed by atoms with Crippen molar-refractivity contribution in [1.29, 1.82) is 0 Å². The van der Waals surface area contributed by atoms with Gasteiger partial charge in [-0.05, 0) is 84.6 Å². The number of fused-ring (bicyclic) bond motifs is 7. The number of hydrogen-bond acceptors (Lipinski definition) is 3. The molecule has 0 bridgehead atoms. The molecule has 5 aromatic carbocycles. The van der Waals surface area contributed by atoms with Gasteiger partial charge in [-0.25, -0.2) is 4.98 Å². The molecule has 0 radical (unpaired) electrons. The first-order chi connectivity index (χ1) is 23.2. The van der Waals surface area contributed by atoms with E-state index in [1.165, 1.54) is 11.1 Å². The predicted molar refractivity (Wildman–Crippen MR) is 198 cm³/mol. The van der Waals surface area contributed by atoms with Gasteiger partial charge in [0.2, 0.25) is 0 Å². The van der Waals surface area contributed by atoms with Gasteiger partial charge in [0.1, 0.15) is 28.0 Å². The van der Waals surface area contributed by atoms with Crippen LogP contribution in [-0.4, -0.2) is 9.38 Å². The molecule has 0 amide bonds. The fraction of sp³-hybridized carbons (Fsp3) is 0.0930. The molecule has 0 fully saturated rings. The summed E-state index contributed by atoms with van der Waals surface area (Å²) in [4.78, 5) is 4.76. The summed E-state index contributed by atoms with van der Waals surface area (Å²) < 4.78 is 14.5. The van der Waals surface area contributed by atoms with Crippen LogP contribution in [0, 0.1) is 0 Å². The molecule has 9 rings (SSSR count). The van der Waals surface area contributed by atoms with Gasteiger partial charge in [-0.1, -0.05) is 98.8 Å². The molecule has 0 aliphatic carbocycles. The Kier molecular flexibility index (Phi) is 8.16. The third kappa shape index (κ3) is 5.59. The monoisotopic (exact) mass is 612 g/mol. The van der Waals surface area contributed by atoms with Gasteiger partial charge in [0, 0.05) is 39.5 Å². The molecule has 0 atom stereocenters. The molecule has 0 aliphatic heterocycles. The number of allylic oxidation sites excluding steroid dienone is 2. The van der Waals surface area contributed by atoms with Crippen LogP contribution in [0.3, 0.4) is 0 Å². The van der Waals surface area contributed by atoms with Gasteiger partial charge in [0.05, 0.1) is 5.69 Å². The molecule has 4 heteroatoms. The van der Waals surface area contributed by atoms with Crippen LogP contribution in [0.1, 0.15) is 27.7 Å². The minimum Gasteiger partial charge on any atom is -0.456 e. The number of furan rings is 2. The topological polar surface area (TPSA) is 43.6 Å². The highest BCUT2D eigenvalue weighted by atomic mass is 16.3. The molecule has 0 unspecified atom stereocenters. The second-order valence-corrected chi connectivity index (χ2v) is 11.2. The average molecular weight is 613 g/mol. The summed E-state index contributed by atoms with van der Waals surface area (Å²) in [6.45, 7) is 8.00. The number of pyridine rings is 1. The quantitative estimate of drug-likeness (QED) is 0.186. The van der Waals surface area contributed by atoms with Crippen molar-refractivity contribution in [3.05, 3.63) is 146 Å². The molecule has 4 nitrogen and oxygen atoms in total. The molecular formula is C43H36N2O2. The lowest BCUT2D eigenvalue weighted by molar-refractivity contribution is 0.664. The van der Waals surface area contributed by atoms with Crippen molar-refractivity contribution in [2.75, 3.05) is 0 Å². The van der Waals surface area contributed by atoms with E-state index in [9.17, 15) is 0 Å². The zero-order chi connectivity index (χ0) is 32.3. The lowest BCUT2D eigenvalue weighted by atomic mass is 9.97. The summed E-state index contributed by atoms with van der Waals surface area (Å²) in [5.74, 6) is 0. The lowest BCUT2D eigenvalue weighted by Crippen LogP contribution is -1.83. The number of rotatable bonds is 3. The van der Waals surface area contributed by atoms with E-state index in [2.05, 4.69) is 91.1 Å². The number of aromatic nitrogens is 2. The van der Waals surface area contributed by atoms with E-state index in [1.54, 1.807) is 0 Å². The van der Waals surface area contributed by atoms with E-state index >= 15 is 0 Å². The Morgan fingerprint density at radius 3 is 1.79 bits per heavy atom. The van der Waals surface area contributed by atoms with Crippen LogP contribution in [0.4, 0.5) is 0 Å². The van der Waals surface area contributed by atoms with E-state index in [0.29, 0.717) is 0 Å². The normalized spacial score (nSPS) is 11.3. The van der Waals surface area contributed by atoms with Crippen molar-refractivity contribution < 1.29 is 8.83 Å². The summed E-state index contributed by atoms with van der Waals surface area (Å²) in [5, 5.41) is 4.33. The molecule has 0 N–H and O–H groups in total. The third-order valence-corrected chi connectivity index (χ3v) is 8.38. The van der Waals surface area contributed by atoms with Gasteiger partial charge in [-0.3, -0.25) is 0 Å². The van der Waals surface area contributed by atoms with Crippen LogP contribution in [0.5, 0.6) is 0 Å². The second-order valence-electron chi connectivity index (χ2n) is 11.2. The number of imidazole rings is 1. The van der Waals surface area contributed by atoms with Gasteiger partial charge in [-0.2, -0.15) is 0 Å². The Hall–Kier alpha value is -5.87. The number of benzene rings is 5. The highest BCUT2D eigenvalue weighted by Gasteiger charge is 2.14. The molecular weight excluding hydrogens is 576 g/mol. The predicted octanol–water partition coefficient (Wildman–Crippen LogP) is 12.7. The van der Waals surface area contributed by atoms with Crippen molar-refractivity contribution in [3.8, 4) is 33.5 Å². The van der Waals surface area contributed by atoms with Crippen molar-refractivity contribution in [3.63, 3.8) is 0 Å². The zero-order valence-corrected chi connectivity index (χ0v) is 27.1. The summed E-state index contributed by atoms with van der Waals surface area (Å²) in [5.41, 5.74) is 11.2. The van der Waals surface area contributed by atoms with Crippen LogP contribution < -0.4 is 0 Å². The second kappa shape index (κ2) is 12.9. The van der Waals surface area contributed by atoms with Crippen molar-refractivity contribution in [2.45, 2.75) is 27.7 Å². The first kappa shape index (κ1) is 29.8. The summed E-state index contributed by atoms with van der Waals surface area (Å²) in [6.07, 6.45) is 8.09. The molecule has 0 saturated heterocycles. The van der Waals surface area contributed by atoms with Gasteiger partial charge < -0.3 is 13.2 Å². The van der Waals surface area contributed by atoms with E-state index in [-0.39, 0.29) is 0 Å². The Morgan fingerprint density at radius 1 is 0.489 bits per heavy atom. The van der Waals surface area contributed by atoms with Gasteiger partial charge in [0.25, 0.3) is 0 Å². The smallest absolute Gasteiger partial charge is 0.137 e. The van der Waals surface area contributed by atoms with Crippen molar-refractivity contribution in [2.24, 2.45) is 0 Å². The SMILES string of the molecule is C/C=C\C.CC.c1cc(-c2ccc(-c3cn4ccccc4n3)cc2)cc(-c2ccc3oc4cc5c(cc4c3c2)oc2ccccc25)c1. The van der Waals surface area contributed by atoms with Crippen LogP contribution in [0.2, 0.25) is 0 Å².